The lowest BCUT2D eigenvalue weighted by atomic mass is 10.1. The van der Waals surface area contributed by atoms with Crippen LogP contribution >= 0.6 is 11.3 Å². The number of halogens is 2. The first-order valence-corrected chi connectivity index (χ1v) is 10.2. The fourth-order valence-electron chi connectivity index (χ4n) is 3.13. The first kappa shape index (κ1) is 21.6. The van der Waals surface area contributed by atoms with E-state index < -0.39 is 18.0 Å². The van der Waals surface area contributed by atoms with Gasteiger partial charge in [-0.3, -0.25) is 0 Å². The summed E-state index contributed by atoms with van der Waals surface area (Å²) in [6.45, 7) is 3.69. The minimum atomic E-state index is -2.83. The number of aryl methyl sites for hydroxylation is 1. The highest BCUT2D eigenvalue weighted by Gasteiger charge is 2.21. The zero-order valence-corrected chi connectivity index (χ0v) is 18.0. The second kappa shape index (κ2) is 8.88. The van der Waals surface area contributed by atoms with E-state index in [1.54, 1.807) is 7.11 Å². The maximum Gasteiger partial charge on any atom is 0.323 e. The summed E-state index contributed by atoms with van der Waals surface area (Å²) in [4.78, 5) is 26.2. The van der Waals surface area contributed by atoms with Crippen LogP contribution in [0.4, 0.5) is 25.0 Å². The lowest BCUT2D eigenvalue weighted by molar-refractivity contribution is 0.121. The van der Waals surface area contributed by atoms with E-state index in [1.165, 1.54) is 36.1 Å². The quantitative estimate of drug-likeness (QED) is 0.441. The highest BCUT2D eigenvalue weighted by molar-refractivity contribution is 7.18. The maximum atomic E-state index is 13.6. The second-order valence-electron chi connectivity index (χ2n) is 6.71. The highest BCUT2D eigenvalue weighted by Crippen LogP contribution is 2.34. The zero-order chi connectivity index (χ0) is 22.8. The van der Waals surface area contributed by atoms with Crippen molar-refractivity contribution in [3.05, 3.63) is 47.0 Å². The van der Waals surface area contributed by atoms with E-state index in [4.69, 9.17) is 4.74 Å². The standard InChI is InChI=1S/C19H18F2N8O2S/c1-9(31-3)14-13(8-23-18-15(14)25-10(2)32-18)27-19(30)26-11-6-12(16(20)21)17(22-7-11)29-5-4-24-28-29/h4-9,16H,1-3H3,(H2,26,27,30). The Kier molecular flexibility index (Phi) is 6.01. The minimum absolute atomic E-state index is 0.0757. The van der Waals surface area contributed by atoms with Crippen molar-refractivity contribution in [3.63, 3.8) is 0 Å². The molecule has 0 fully saturated rings. The Morgan fingerprint density at radius 2 is 2.06 bits per heavy atom. The van der Waals surface area contributed by atoms with Gasteiger partial charge in [-0.1, -0.05) is 16.6 Å². The summed E-state index contributed by atoms with van der Waals surface area (Å²) in [5.74, 6) is -0.0757. The van der Waals surface area contributed by atoms with Crippen LogP contribution in [0, 0.1) is 6.92 Å². The second-order valence-corrected chi connectivity index (χ2v) is 7.90. The predicted octanol–water partition coefficient (Wildman–Crippen LogP) is 4.26. The van der Waals surface area contributed by atoms with Crippen LogP contribution in [0.2, 0.25) is 0 Å². The third-order valence-electron chi connectivity index (χ3n) is 4.61. The molecule has 0 aromatic carbocycles. The lowest BCUT2D eigenvalue weighted by Gasteiger charge is -2.17. The van der Waals surface area contributed by atoms with Crippen molar-refractivity contribution in [3.8, 4) is 5.82 Å². The number of fused-ring (bicyclic) bond motifs is 1. The highest BCUT2D eigenvalue weighted by atomic mass is 32.1. The molecule has 0 saturated heterocycles. The Bertz CT molecular complexity index is 1260. The summed E-state index contributed by atoms with van der Waals surface area (Å²) in [5, 5.41) is 13.3. The molecule has 4 aromatic heterocycles. The van der Waals surface area contributed by atoms with Crippen LogP contribution in [0.25, 0.3) is 16.2 Å². The summed E-state index contributed by atoms with van der Waals surface area (Å²) in [5.41, 5.74) is 1.39. The number of alkyl halides is 2. The van der Waals surface area contributed by atoms with Gasteiger partial charge in [0.1, 0.15) is 10.3 Å². The van der Waals surface area contributed by atoms with Crippen molar-refractivity contribution in [2.45, 2.75) is 26.4 Å². The van der Waals surface area contributed by atoms with Crippen molar-refractivity contribution in [2.24, 2.45) is 0 Å². The van der Waals surface area contributed by atoms with Gasteiger partial charge in [-0.15, -0.1) is 5.10 Å². The van der Waals surface area contributed by atoms with Gasteiger partial charge < -0.3 is 15.4 Å². The van der Waals surface area contributed by atoms with Crippen LogP contribution in [-0.2, 0) is 4.74 Å². The molecule has 1 atom stereocenters. The Labute approximate surface area is 184 Å². The number of pyridine rings is 2. The number of nitrogens with one attached hydrogen (secondary N) is 2. The number of carbonyl (C=O) groups is 1. The minimum Gasteiger partial charge on any atom is -0.377 e. The smallest absolute Gasteiger partial charge is 0.323 e. The summed E-state index contributed by atoms with van der Waals surface area (Å²) in [6.07, 6.45) is 2.32. The predicted molar refractivity (Wildman–Crippen MR) is 114 cm³/mol. The largest absolute Gasteiger partial charge is 0.377 e. The van der Waals surface area contributed by atoms with Crippen molar-refractivity contribution >= 4 is 39.1 Å². The molecule has 13 heteroatoms. The van der Waals surface area contributed by atoms with Gasteiger partial charge >= 0.3 is 6.03 Å². The number of hydrogen-bond acceptors (Lipinski definition) is 8. The van der Waals surface area contributed by atoms with E-state index in [1.807, 2.05) is 13.8 Å². The number of thiazole rings is 1. The van der Waals surface area contributed by atoms with E-state index in [0.29, 0.717) is 16.8 Å². The molecule has 0 bridgehead atoms. The van der Waals surface area contributed by atoms with Crippen LogP contribution in [0.3, 0.4) is 0 Å². The number of amides is 2. The van der Waals surface area contributed by atoms with Gasteiger partial charge in [-0.25, -0.2) is 33.2 Å². The summed E-state index contributed by atoms with van der Waals surface area (Å²) < 4.78 is 33.7. The third kappa shape index (κ3) is 4.24. The summed E-state index contributed by atoms with van der Waals surface area (Å²) >= 11 is 1.43. The molecular weight excluding hydrogens is 442 g/mol. The molecule has 4 heterocycles. The van der Waals surface area contributed by atoms with Crippen molar-refractivity contribution in [1.82, 2.24) is 29.9 Å². The molecule has 0 saturated carbocycles. The molecule has 166 valence electrons. The fraction of sp³-hybridized carbons (Fsp3) is 0.263. The first-order valence-electron chi connectivity index (χ1n) is 9.39. The Hall–Kier alpha value is -3.58. The number of ether oxygens (including phenoxy) is 1. The summed E-state index contributed by atoms with van der Waals surface area (Å²) in [6, 6.07) is 0.483. The SMILES string of the molecule is COC(C)c1c(NC(=O)Nc2cnc(-n3ccnn3)c(C(F)F)c2)cnc2sc(C)nc12. The Morgan fingerprint density at radius 3 is 2.75 bits per heavy atom. The van der Waals surface area contributed by atoms with Crippen LogP contribution in [-0.4, -0.2) is 43.1 Å². The van der Waals surface area contributed by atoms with Gasteiger partial charge in [0.15, 0.2) is 5.82 Å². The molecule has 0 radical (unpaired) electrons. The Balaban J connectivity index is 1.60. The topological polar surface area (TPSA) is 120 Å². The van der Waals surface area contributed by atoms with Crippen LogP contribution < -0.4 is 10.6 Å². The number of urea groups is 1. The zero-order valence-electron chi connectivity index (χ0n) is 17.2. The molecule has 0 aliphatic heterocycles. The van der Waals surface area contributed by atoms with Gasteiger partial charge in [0.25, 0.3) is 6.43 Å². The molecule has 0 aliphatic rings. The van der Waals surface area contributed by atoms with E-state index in [2.05, 4.69) is 35.9 Å². The third-order valence-corrected chi connectivity index (χ3v) is 5.49. The van der Waals surface area contributed by atoms with Crippen molar-refractivity contribution in [2.75, 3.05) is 17.7 Å². The van der Waals surface area contributed by atoms with E-state index >= 15 is 0 Å². The van der Waals surface area contributed by atoms with E-state index in [0.717, 1.165) is 20.6 Å². The van der Waals surface area contributed by atoms with Gasteiger partial charge in [0.2, 0.25) is 0 Å². The van der Waals surface area contributed by atoms with Gasteiger partial charge in [-0.05, 0) is 19.9 Å². The average Bonchev–Trinajstić information content (AvgIpc) is 3.42. The van der Waals surface area contributed by atoms with Crippen LogP contribution in [0.5, 0.6) is 0 Å². The number of nitrogens with zero attached hydrogens (tertiary/aromatic N) is 6. The van der Waals surface area contributed by atoms with Crippen LogP contribution in [0.15, 0.2) is 30.9 Å². The molecule has 2 N–H and O–H groups in total. The number of methoxy groups -OCH3 is 1. The molecule has 0 aliphatic carbocycles. The average molecular weight is 460 g/mol. The fourth-order valence-corrected chi connectivity index (χ4v) is 3.90. The maximum absolute atomic E-state index is 13.6. The molecule has 10 nitrogen and oxygen atoms in total. The molecular formula is C19H18F2N8O2S. The normalized spacial score (nSPS) is 12.3. The molecule has 0 spiro atoms. The van der Waals surface area contributed by atoms with E-state index in [-0.39, 0.29) is 17.6 Å². The monoisotopic (exact) mass is 460 g/mol. The first-order chi connectivity index (χ1) is 15.4. The van der Waals surface area contributed by atoms with Gasteiger partial charge in [-0.2, -0.15) is 0 Å². The van der Waals surface area contributed by atoms with Gasteiger partial charge in [0.05, 0.1) is 52.8 Å². The van der Waals surface area contributed by atoms with Crippen molar-refractivity contribution < 1.29 is 18.3 Å². The van der Waals surface area contributed by atoms with Crippen molar-refractivity contribution in [1.29, 1.82) is 0 Å². The van der Waals surface area contributed by atoms with Gasteiger partial charge in [0, 0.05) is 12.7 Å². The van der Waals surface area contributed by atoms with E-state index in [9.17, 15) is 13.6 Å². The number of rotatable bonds is 6. The Morgan fingerprint density at radius 1 is 1.25 bits per heavy atom. The molecule has 4 aromatic rings. The number of hydrogen-bond donors (Lipinski definition) is 2. The number of aromatic nitrogens is 6. The lowest BCUT2D eigenvalue weighted by Crippen LogP contribution is -2.21. The van der Waals surface area contributed by atoms with Crippen LogP contribution in [0.1, 0.15) is 35.6 Å². The number of carbonyl (C=O) groups excluding carboxylic acids is 1. The molecule has 32 heavy (non-hydrogen) atoms. The number of anilines is 2. The molecule has 4 rings (SSSR count). The summed E-state index contributed by atoms with van der Waals surface area (Å²) in [7, 11) is 1.55. The molecule has 1 unspecified atom stereocenters. The molecule has 2 amide bonds.